The summed E-state index contributed by atoms with van der Waals surface area (Å²) in [7, 11) is 0. The summed E-state index contributed by atoms with van der Waals surface area (Å²) in [5.41, 5.74) is 2.54. The Hall–Kier alpha value is -1.80. The second kappa shape index (κ2) is 6.31. The summed E-state index contributed by atoms with van der Waals surface area (Å²) in [6.07, 6.45) is 1.53. The number of aryl methyl sites for hydroxylation is 1. The molecule has 1 aliphatic carbocycles. The molecule has 0 aromatic heterocycles. The Morgan fingerprint density at radius 3 is 2.71 bits per heavy atom. The summed E-state index contributed by atoms with van der Waals surface area (Å²) < 4.78 is 5.72. The number of benzene rings is 2. The Labute approximate surface area is 126 Å². The number of ether oxygens (including phenoxy) is 1. The van der Waals surface area contributed by atoms with Crippen LogP contribution >= 0.6 is 0 Å². The van der Waals surface area contributed by atoms with E-state index in [2.05, 4.69) is 37.3 Å². The van der Waals surface area contributed by atoms with E-state index >= 15 is 0 Å². The minimum Gasteiger partial charge on any atom is -0.493 e. The monoisotopic (exact) mass is 282 g/mol. The third-order valence-corrected chi connectivity index (χ3v) is 4.23. The van der Waals surface area contributed by atoms with Crippen LogP contribution in [-0.4, -0.2) is 17.8 Å². The molecule has 3 atom stereocenters. The molecule has 21 heavy (non-hydrogen) atoms. The minimum absolute atomic E-state index is 0.264. The molecular weight excluding hydrogens is 260 g/mol. The van der Waals surface area contributed by atoms with Gasteiger partial charge in [-0.05, 0) is 48.4 Å². The fraction of sp³-hybridized carbons (Fsp3) is 0.368. The molecule has 0 saturated heterocycles. The van der Waals surface area contributed by atoms with E-state index in [4.69, 9.17) is 4.74 Å². The van der Waals surface area contributed by atoms with E-state index in [9.17, 15) is 5.11 Å². The van der Waals surface area contributed by atoms with Crippen molar-refractivity contribution in [2.45, 2.75) is 31.8 Å². The zero-order valence-corrected chi connectivity index (χ0v) is 12.4. The lowest BCUT2D eigenvalue weighted by molar-refractivity contribution is 0.117. The summed E-state index contributed by atoms with van der Waals surface area (Å²) in [6, 6.07) is 18.5. The Kier molecular flexibility index (Phi) is 4.26. The first-order valence-corrected chi connectivity index (χ1v) is 7.66. The van der Waals surface area contributed by atoms with E-state index in [-0.39, 0.29) is 6.10 Å². The average Bonchev–Trinajstić information content (AvgIpc) is 3.29. The second-order valence-electron chi connectivity index (χ2n) is 5.94. The highest BCUT2D eigenvalue weighted by molar-refractivity contribution is 5.28. The SMILES string of the molecule is Cc1cccc(OCCC(O)C2CC2c2ccccc2)c1. The van der Waals surface area contributed by atoms with E-state index < -0.39 is 0 Å². The molecule has 3 unspecified atom stereocenters. The number of rotatable bonds is 6. The summed E-state index contributed by atoms with van der Waals surface area (Å²) in [5.74, 6) is 1.81. The van der Waals surface area contributed by atoms with Gasteiger partial charge in [-0.1, -0.05) is 42.5 Å². The van der Waals surface area contributed by atoms with E-state index in [0.717, 1.165) is 12.2 Å². The van der Waals surface area contributed by atoms with E-state index in [1.807, 2.05) is 24.3 Å². The third-order valence-electron chi connectivity index (χ3n) is 4.23. The Morgan fingerprint density at radius 1 is 1.14 bits per heavy atom. The van der Waals surface area contributed by atoms with E-state index in [1.54, 1.807) is 0 Å². The van der Waals surface area contributed by atoms with Crippen molar-refractivity contribution in [2.24, 2.45) is 5.92 Å². The second-order valence-corrected chi connectivity index (χ2v) is 5.94. The van der Waals surface area contributed by atoms with Crippen LogP contribution in [0.15, 0.2) is 54.6 Å². The molecule has 0 bridgehead atoms. The van der Waals surface area contributed by atoms with Crippen LogP contribution in [0.5, 0.6) is 5.75 Å². The van der Waals surface area contributed by atoms with Crippen molar-refractivity contribution in [3.63, 3.8) is 0 Å². The lowest BCUT2D eigenvalue weighted by Gasteiger charge is -2.12. The van der Waals surface area contributed by atoms with Crippen LogP contribution in [0.2, 0.25) is 0 Å². The first kappa shape index (κ1) is 14.2. The molecule has 3 rings (SSSR count). The van der Waals surface area contributed by atoms with Crippen molar-refractivity contribution in [1.29, 1.82) is 0 Å². The summed E-state index contributed by atoms with van der Waals surface area (Å²) in [6.45, 7) is 2.62. The standard InChI is InChI=1S/C19H22O2/c1-14-6-5-9-16(12-14)21-11-10-19(20)18-13-17(18)15-7-3-2-4-8-15/h2-9,12,17-20H,10-11,13H2,1H3. The van der Waals surface area contributed by atoms with Gasteiger partial charge in [-0.25, -0.2) is 0 Å². The van der Waals surface area contributed by atoms with Crippen molar-refractivity contribution in [3.05, 3.63) is 65.7 Å². The van der Waals surface area contributed by atoms with Crippen molar-refractivity contribution < 1.29 is 9.84 Å². The van der Waals surface area contributed by atoms with Crippen LogP contribution in [0, 0.1) is 12.8 Å². The van der Waals surface area contributed by atoms with Crippen LogP contribution in [0.25, 0.3) is 0 Å². The molecule has 2 aromatic rings. The molecule has 2 heteroatoms. The van der Waals surface area contributed by atoms with Crippen molar-refractivity contribution in [2.75, 3.05) is 6.61 Å². The summed E-state index contributed by atoms with van der Waals surface area (Å²) in [5, 5.41) is 10.3. The molecule has 0 amide bonds. The van der Waals surface area contributed by atoms with Crippen LogP contribution in [0.4, 0.5) is 0 Å². The fourth-order valence-electron chi connectivity index (χ4n) is 2.94. The average molecular weight is 282 g/mol. The van der Waals surface area contributed by atoms with Crippen molar-refractivity contribution in [3.8, 4) is 5.75 Å². The maximum absolute atomic E-state index is 10.3. The van der Waals surface area contributed by atoms with Crippen LogP contribution in [0.1, 0.15) is 29.9 Å². The molecule has 0 spiro atoms. The molecule has 2 nitrogen and oxygen atoms in total. The maximum atomic E-state index is 10.3. The topological polar surface area (TPSA) is 29.5 Å². The van der Waals surface area contributed by atoms with Crippen molar-refractivity contribution in [1.82, 2.24) is 0 Å². The third kappa shape index (κ3) is 3.64. The predicted molar refractivity (Wildman–Crippen MR) is 84.6 cm³/mol. The number of aliphatic hydroxyl groups excluding tert-OH is 1. The number of hydrogen-bond acceptors (Lipinski definition) is 2. The first-order chi connectivity index (χ1) is 10.2. The molecular formula is C19H22O2. The van der Waals surface area contributed by atoms with Gasteiger partial charge >= 0.3 is 0 Å². The highest BCUT2D eigenvalue weighted by atomic mass is 16.5. The minimum atomic E-state index is -0.264. The molecule has 0 aliphatic heterocycles. The number of hydrogen-bond donors (Lipinski definition) is 1. The van der Waals surface area contributed by atoms with Gasteiger partial charge in [0.15, 0.2) is 0 Å². The van der Waals surface area contributed by atoms with Crippen LogP contribution in [-0.2, 0) is 0 Å². The van der Waals surface area contributed by atoms with Crippen LogP contribution < -0.4 is 4.74 Å². The van der Waals surface area contributed by atoms with Gasteiger partial charge in [-0.3, -0.25) is 0 Å². The quantitative estimate of drug-likeness (QED) is 0.870. The number of aliphatic hydroxyl groups is 1. The molecule has 1 saturated carbocycles. The molecule has 110 valence electrons. The predicted octanol–water partition coefficient (Wildman–Crippen LogP) is 3.93. The highest BCUT2D eigenvalue weighted by Gasteiger charge is 2.42. The lowest BCUT2D eigenvalue weighted by Crippen LogP contribution is -2.15. The zero-order valence-electron chi connectivity index (χ0n) is 12.4. The maximum Gasteiger partial charge on any atom is 0.119 e. The van der Waals surface area contributed by atoms with Gasteiger partial charge < -0.3 is 9.84 Å². The van der Waals surface area contributed by atoms with Crippen LogP contribution in [0.3, 0.4) is 0 Å². The van der Waals surface area contributed by atoms with Crippen molar-refractivity contribution >= 4 is 0 Å². The largest absolute Gasteiger partial charge is 0.493 e. The molecule has 1 N–H and O–H groups in total. The zero-order chi connectivity index (χ0) is 14.7. The van der Waals surface area contributed by atoms with E-state index in [1.165, 1.54) is 11.1 Å². The van der Waals surface area contributed by atoms with Gasteiger partial charge in [-0.2, -0.15) is 0 Å². The smallest absolute Gasteiger partial charge is 0.119 e. The van der Waals surface area contributed by atoms with Gasteiger partial charge in [0.25, 0.3) is 0 Å². The van der Waals surface area contributed by atoms with Gasteiger partial charge in [0.2, 0.25) is 0 Å². The summed E-state index contributed by atoms with van der Waals surface area (Å²) in [4.78, 5) is 0. The highest BCUT2D eigenvalue weighted by Crippen LogP contribution is 2.50. The van der Waals surface area contributed by atoms with E-state index in [0.29, 0.717) is 24.9 Å². The molecule has 1 aliphatic rings. The Bertz CT molecular complexity index is 579. The van der Waals surface area contributed by atoms with Gasteiger partial charge in [0, 0.05) is 6.42 Å². The Morgan fingerprint density at radius 2 is 1.95 bits per heavy atom. The Balaban J connectivity index is 1.45. The van der Waals surface area contributed by atoms with Gasteiger partial charge in [-0.15, -0.1) is 0 Å². The molecule has 0 radical (unpaired) electrons. The first-order valence-electron chi connectivity index (χ1n) is 7.66. The fourth-order valence-corrected chi connectivity index (χ4v) is 2.94. The normalized spacial score (nSPS) is 21.8. The van der Waals surface area contributed by atoms with Gasteiger partial charge in [0.1, 0.15) is 5.75 Å². The summed E-state index contributed by atoms with van der Waals surface area (Å²) >= 11 is 0. The molecule has 0 heterocycles. The molecule has 1 fully saturated rings. The molecule has 2 aromatic carbocycles. The lowest BCUT2D eigenvalue weighted by atomic mass is 10.1. The van der Waals surface area contributed by atoms with Gasteiger partial charge in [0.05, 0.1) is 12.7 Å².